The van der Waals surface area contributed by atoms with Crippen molar-refractivity contribution in [3.05, 3.63) is 39.7 Å². The number of fused-ring (bicyclic) bond motifs is 1. The zero-order valence-electron chi connectivity index (χ0n) is 7.94. The lowest BCUT2D eigenvalue weighted by atomic mass is 10.1. The van der Waals surface area contributed by atoms with Crippen LogP contribution >= 0.6 is 15.9 Å². The molecule has 72 valence electrons. The summed E-state index contributed by atoms with van der Waals surface area (Å²) in [6.45, 7) is 3.92. The number of hydrogen-bond acceptors (Lipinski definition) is 1. The van der Waals surface area contributed by atoms with E-state index in [4.69, 9.17) is 0 Å². The van der Waals surface area contributed by atoms with Crippen LogP contribution in [0, 0.1) is 19.7 Å². The Hall–Kier alpha value is -0.960. The topological polar surface area (TPSA) is 12.9 Å². The van der Waals surface area contributed by atoms with Crippen LogP contribution in [0.2, 0.25) is 0 Å². The van der Waals surface area contributed by atoms with Crippen molar-refractivity contribution in [2.24, 2.45) is 0 Å². The monoisotopic (exact) mass is 253 g/mol. The van der Waals surface area contributed by atoms with E-state index in [1.54, 1.807) is 0 Å². The average molecular weight is 254 g/mol. The maximum absolute atomic E-state index is 13.1. The molecule has 0 N–H and O–H groups in total. The molecule has 0 amide bonds. The fraction of sp³-hybridized carbons (Fsp3) is 0.182. The van der Waals surface area contributed by atoms with Crippen LogP contribution in [0.25, 0.3) is 10.9 Å². The zero-order valence-corrected chi connectivity index (χ0v) is 9.52. The summed E-state index contributed by atoms with van der Waals surface area (Å²) in [6, 6.07) is 4.88. The van der Waals surface area contributed by atoms with Crippen LogP contribution < -0.4 is 0 Å². The van der Waals surface area contributed by atoms with Gasteiger partial charge in [0.05, 0.1) is 5.52 Å². The number of halogens is 2. The lowest BCUT2D eigenvalue weighted by Gasteiger charge is -2.04. The number of aryl methyl sites for hydroxylation is 2. The number of hydrogen-bond donors (Lipinski definition) is 0. The highest BCUT2D eigenvalue weighted by Gasteiger charge is 2.05. The second-order valence-electron chi connectivity index (χ2n) is 3.35. The van der Waals surface area contributed by atoms with Crippen LogP contribution in [0.1, 0.15) is 11.3 Å². The molecule has 0 saturated heterocycles. The Morgan fingerprint density at radius 3 is 2.64 bits per heavy atom. The molecular formula is C11H9BrFN. The molecule has 2 rings (SSSR count). The summed E-state index contributed by atoms with van der Waals surface area (Å²) in [4.78, 5) is 4.40. The molecule has 1 aromatic heterocycles. The minimum absolute atomic E-state index is 0.241. The van der Waals surface area contributed by atoms with E-state index in [0.717, 1.165) is 22.2 Å². The predicted octanol–water partition coefficient (Wildman–Crippen LogP) is 3.75. The fourth-order valence-corrected chi connectivity index (χ4v) is 1.94. The Kier molecular flexibility index (Phi) is 2.27. The summed E-state index contributed by atoms with van der Waals surface area (Å²) in [7, 11) is 0. The molecule has 0 saturated carbocycles. The summed E-state index contributed by atoms with van der Waals surface area (Å²) in [5.74, 6) is -0.241. The van der Waals surface area contributed by atoms with E-state index < -0.39 is 0 Å². The third-order valence-corrected chi connectivity index (χ3v) is 2.88. The van der Waals surface area contributed by atoms with Crippen LogP contribution in [0.5, 0.6) is 0 Å². The minimum Gasteiger partial charge on any atom is -0.252 e. The summed E-state index contributed by atoms with van der Waals surface area (Å²) in [5, 5.41) is 0.833. The fourth-order valence-electron chi connectivity index (χ4n) is 1.41. The van der Waals surface area contributed by atoms with Gasteiger partial charge in [-0.3, -0.25) is 4.98 Å². The van der Waals surface area contributed by atoms with Crippen molar-refractivity contribution in [3.63, 3.8) is 0 Å². The van der Waals surface area contributed by atoms with Crippen LogP contribution in [-0.2, 0) is 0 Å². The van der Waals surface area contributed by atoms with Gasteiger partial charge in [0.15, 0.2) is 0 Å². The van der Waals surface area contributed by atoms with Crippen LogP contribution in [-0.4, -0.2) is 4.98 Å². The van der Waals surface area contributed by atoms with Crippen molar-refractivity contribution in [3.8, 4) is 0 Å². The van der Waals surface area contributed by atoms with E-state index in [0.29, 0.717) is 4.47 Å². The van der Waals surface area contributed by atoms with Crippen LogP contribution in [0.4, 0.5) is 4.39 Å². The number of benzene rings is 1. The Bertz CT molecular complexity index is 508. The highest BCUT2D eigenvalue weighted by molar-refractivity contribution is 9.10. The molecule has 14 heavy (non-hydrogen) atoms. The smallest absolute Gasteiger partial charge is 0.125 e. The van der Waals surface area contributed by atoms with Gasteiger partial charge in [0.25, 0.3) is 0 Å². The van der Waals surface area contributed by atoms with Gasteiger partial charge in [-0.25, -0.2) is 4.39 Å². The molecule has 0 spiro atoms. The Morgan fingerprint density at radius 1 is 1.21 bits per heavy atom. The molecule has 1 aromatic carbocycles. The summed E-state index contributed by atoms with van der Waals surface area (Å²) in [6.07, 6.45) is 0. The van der Waals surface area contributed by atoms with Gasteiger partial charge < -0.3 is 0 Å². The quantitative estimate of drug-likeness (QED) is 0.697. The third-order valence-electron chi connectivity index (χ3n) is 2.28. The first-order valence-electron chi connectivity index (χ1n) is 4.31. The second-order valence-corrected chi connectivity index (χ2v) is 4.20. The maximum Gasteiger partial charge on any atom is 0.125 e. The van der Waals surface area contributed by atoms with E-state index in [-0.39, 0.29) is 5.82 Å². The molecule has 0 aliphatic rings. The van der Waals surface area contributed by atoms with Crippen LogP contribution in [0.3, 0.4) is 0 Å². The number of aromatic nitrogens is 1. The third kappa shape index (κ3) is 1.52. The lowest BCUT2D eigenvalue weighted by molar-refractivity contribution is 0.629. The van der Waals surface area contributed by atoms with Gasteiger partial charge in [0, 0.05) is 15.6 Å². The standard InChI is InChI=1S/C11H9BrFN/c1-6-3-8-4-9(13)5-10(12)11(8)14-7(6)2/h3-5H,1-2H3. The number of nitrogens with zero attached hydrogens (tertiary/aromatic N) is 1. The Labute approximate surface area is 90.1 Å². The zero-order chi connectivity index (χ0) is 10.3. The van der Waals surface area contributed by atoms with Gasteiger partial charge in [0.1, 0.15) is 5.82 Å². The molecule has 0 aliphatic carbocycles. The first kappa shape index (κ1) is 9.59. The van der Waals surface area contributed by atoms with Crippen molar-refractivity contribution in [2.45, 2.75) is 13.8 Å². The first-order valence-corrected chi connectivity index (χ1v) is 5.10. The van der Waals surface area contributed by atoms with Crippen molar-refractivity contribution in [1.29, 1.82) is 0 Å². The molecule has 0 fully saturated rings. The molecule has 2 aromatic rings. The average Bonchev–Trinajstić information content (AvgIpc) is 2.08. The SMILES string of the molecule is Cc1cc2cc(F)cc(Br)c2nc1C. The first-order chi connectivity index (χ1) is 6.58. The van der Waals surface area contributed by atoms with Gasteiger partial charge in [0.2, 0.25) is 0 Å². The molecule has 0 radical (unpaired) electrons. The van der Waals surface area contributed by atoms with E-state index >= 15 is 0 Å². The van der Waals surface area contributed by atoms with Gasteiger partial charge in [-0.2, -0.15) is 0 Å². The summed E-state index contributed by atoms with van der Waals surface area (Å²) in [5.41, 5.74) is 2.87. The Balaban J connectivity index is 2.89. The molecule has 0 unspecified atom stereocenters. The normalized spacial score (nSPS) is 10.9. The maximum atomic E-state index is 13.1. The predicted molar refractivity (Wildman–Crippen MR) is 58.9 cm³/mol. The van der Waals surface area contributed by atoms with Gasteiger partial charge in [-0.1, -0.05) is 0 Å². The number of pyridine rings is 1. The molecule has 3 heteroatoms. The second kappa shape index (κ2) is 3.31. The van der Waals surface area contributed by atoms with Crippen molar-refractivity contribution >= 4 is 26.8 Å². The van der Waals surface area contributed by atoms with Gasteiger partial charge in [-0.05, 0) is 53.5 Å². The van der Waals surface area contributed by atoms with Crippen molar-refractivity contribution in [2.75, 3.05) is 0 Å². The van der Waals surface area contributed by atoms with E-state index in [1.807, 2.05) is 19.9 Å². The molecule has 0 aliphatic heterocycles. The van der Waals surface area contributed by atoms with Crippen LogP contribution in [0.15, 0.2) is 22.7 Å². The van der Waals surface area contributed by atoms with Gasteiger partial charge in [-0.15, -0.1) is 0 Å². The van der Waals surface area contributed by atoms with E-state index in [1.165, 1.54) is 12.1 Å². The largest absolute Gasteiger partial charge is 0.252 e. The summed E-state index contributed by atoms with van der Waals surface area (Å²) < 4.78 is 13.8. The molecule has 0 bridgehead atoms. The van der Waals surface area contributed by atoms with E-state index in [2.05, 4.69) is 20.9 Å². The minimum atomic E-state index is -0.241. The highest BCUT2D eigenvalue weighted by Crippen LogP contribution is 2.25. The summed E-state index contributed by atoms with van der Waals surface area (Å²) >= 11 is 3.30. The number of rotatable bonds is 0. The lowest BCUT2D eigenvalue weighted by Crippen LogP contribution is -1.90. The molecular weight excluding hydrogens is 245 g/mol. The highest BCUT2D eigenvalue weighted by atomic mass is 79.9. The van der Waals surface area contributed by atoms with Crippen molar-refractivity contribution < 1.29 is 4.39 Å². The van der Waals surface area contributed by atoms with Gasteiger partial charge >= 0.3 is 0 Å². The Morgan fingerprint density at radius 2 is 1.93 bits per heavy atom. The molecule has 1 heterocycles. The van der Waals surface area contributed by atoms with E-state index in [9.17, 15) is 4.39 Å². The van der Waals surface area contributed by atoms with Crippen molar-refractivity contribution in [1.82, 2.24) is 4.98 Å². The molecule has 0 atom stereocenters. The molecule has 1 nitrogen and oxygen atoms in total.